The van der Waals surface area contributed by atoms with Gasteiger partial charge in [0.2, 0.25) is 0 Å². The first-order valence-corrected chi connectivity index (χ1v) is 9.45. The molecule has 114 valence electrons. The van der Waals surface area contributed by atoms with E-state index in [0.29, 0.717) is 6.04 Å². The lowest BCUT2D eigenvalue weighted by Gasteiger charge is -2.20. The maximum Gasteiger partial charge on any atom is 0.0843 e. The first kappa shape index (κ1) is 17.2. The van der Waals surface area contributed by atoms with E-state index in [0.717, 1.165) is 14.8 Å². The van der Waals surface area contributed by atoms with E-state index < -0.39 is 0 Å². The van der Waals surface area contributed by atoms with Crippen molar-refractivity contribution in [3.05, 3.63) is 54.6 Å². The molecule has 21 heavy (non-hydrogen) atoms. The average molecular weight is 431 g/mol. The molecule has 0 saturated carbocycles. The minimum atomic E-state index is 0.213. The fourth-order valence-electron chi connectivity index (χ4n) is 2.12. The predicted molar refractivity (Wildman–Crippen MR) is 100 cm³/mol. The molecular weight excluding hydrogens is 410 g/mol. The Bertz CT molecular complexity index is 577. The summed E-state index contributed by atoms with van der Waals surface area (Å²) < 4.78 is 2.29. The SMILES string of the molecule is CC(NCc1cc(Br)c(Br)s1)c1ccc(C(C)(C)C)cc1. The van der Waals surface area contributed by atoms with Crippen LogP contribution >= 0.6 is 43.2 Å². The van der Waals surface area contributed by atoms with Crippen LogP contribution in [0.2, 0.25) is 0 Å². The molecule has 0 radical (unpaired) electrons. The molecule has 0 spiro atoms. The Labute approximate surface area is 148 Å². The van der Waals surface area contributed by atoms with Crippen LogP contribution in [-0.4, -0.2) is 0 Å². The second kappa shape index (κ2) is 6.95. The molecule has 1 heterocycles. The van der Waals surface area contributed by atoms with Gasteiger partial charge in [0.15, 0.2) is 0 Å². The topological polar surface area (TPSA) is 12.0 Å². The van der Waals surface area contributed by atoms with Gasteiger partial charge in [0.05, 0.1) is 3.79 Å². The number of rotatable bonds is 4. The van der Waals surface area contributed by atoms with E-state index in [4.69, 9.17) is 0 Å². The second-order valence-electron chi connectivity index (χ2n) is 6.31. The summed E-state index contributed by atoms with van der Waals surface area (Å²) >= 11 is 8.83. The third kappa shape index (κ3) is 4.65. The highest BCUT2D eigenvalue weighted by molar-refractivity contribution is 9.13. The summed E-state index contributed by atoms with van der Waals surface area (Å²) in [4.78, 5) is 1.33. The highest BCUT2D eigenvalue weighted by Crippen LogP contribution is 2.32. The van der Waals surface area contributed by atoms with Gasteiger partial charge in [-0.2, -0.15) is 0 Å². The van der Waals surface area contributed by atoms with E-state index in [1.807, 2.05) is 0 Å². The molecule has 1 atom stereocenters. The first-order valence-electron chi connectivity index (χ1n) is 7.05. The van der Waals surface area contributed by atoms with Gasteiger partial charge in [-0.3, -0.25) is 0 Å². The highest BCUT2D eigenvalue weighted by Gasteiger charge is 2.14. The minimum absolute atomic E-state index is 0.213. The largest absolute Gasteiger partial charge is 0.305 e. The van der Waals surface area contributed by atoms with Crippen LogP contribution in [0.3, 0.4) is 0 Å². The lowest BCUT2D eigenvalue weighted by molar-refractivity contribution is 0.572. The van der Waals surface area contributed by atoms with Gasteiger partial charge in [0.25, 0.3) is 0 Å². The van der Waals surface area contributed by atoms with Crippen molar-refractivity contribution in [2.45, 2.75) is 45.7 Å². The molecule has 4 heteroatoms. The smallest absolute Gasteiger partial charge is 0.0843 e. The number of nitrogens with one attached hydrogen (secondary N) is 1. The van der Waals surface area contributed by atoms with Gasteiger partial charge in [0, 0.05) is 21.9 Å². The van der Waals surface area contributed by atoms with Crippen LogP contribution in [0.25, 0.3) is 0 Å². The number of hydrogen-bond donors (Lipinski definition) is 1. The molecule has 1 nitrogen and oxygen atoms in total. The summed E-state index contributed by atoms with van der Waals surface area (Å²) in [6.07, 6.45) is 0. The van der Waals surface area contributed by atoms with E-state index in [1.54, 1.807) is 11.3 Å². The lowest BCUT2D eigenvalue weighted by Crippen LogP contribution is -2.18. The first-order chi connectivity index (χ1) is 9.77. The second-order valence-corrected chi connectivity index (χ2v) is 9.62. The van der Waals surface area contributed by atoms with Gasteiger partial charge < -0.3 is 5.32 Å². The maximum atomic E-state index is 3.58. The minimum Gasteiger partial charge on any atom is -0.305 e. The standard InChI is InChI=1S/C17H21Br2NS/c1-11(20-10-14-9-15(18)16(19)21-14)12-5-7-13(8-6-12)17(2,3)4/h5-9,11,20H,10H2,1-4H3. The third-order valence-corrected chi connectivity index (χ3v) is 6.81. The fraction of sp³-hybridized carbons (Fsp3) is 0.412. The molecular formula is C17H21Br2NS. The molecule has 0 aliphatic carbocycles. The molecule has 0 aliphatic rings. The van der Waals surface area contributed by atoms with Crippen LogP contribution in [0.5, 0.6) is 0 Å². The van der Waals surface area contributed by atoms with Crippen molar-refractivity contribution < 1.29 is 0 Å². The molecule has 0 aliphatic heterocycles. The normalized spacial score (nSPS) is 13.4. The third-order valence-electron chi connectivity index (χ3n) is 3.56. The lowest BCUT2D eigenvalue weighted by atomic mass is 9.86. The van der Waals surface area contributed by atoms with Gasteiger partial charge >= 0.3 is 0 Å². The highest BCUT2D eigenvalue weighted by atomic mass is 79.9. The van der Waals surface area contributed by atoms with Crippen molar-refractivity contribution in [2.75, 3.05) is 0 Å². The van der Waals surface area contributed by atoms with Gasteiger partial charge in [-0.05, 0) is 61.4 Å². The molecule has 0 saturated heterocycles. The summed E-state index contributed by atoms with van der Waals surface area (Å²) in [6.45, 7) is 9.84. The molecule has 1 N–H and O–H groups in total. The number of hydrogen-bond acceptors (Lipinski definition) is 2. The van der Waals surface area contributed by atoms with Crippen molar-refractivity contribution >= 4 is 43.2 Å². The van der Waals surface area contributed by atoms with Crippen molar-refractivity contribution in [3.63, 3.8) is 0 Å². The molecule has 2 aromatic rings. The Morgan fingerprint density at radius 1 is 1.14 bits per heavy atom. The molecule has 1 aromatic carbocycles. The van der Waals surface area contributed by atoms with Crippen molar-refractivity contribution in [1.29, 1.82) is 0 Å². The molecule has 2 rings (SSSR count). The van der Waals surface area contributed by atoms with Crippen molar-refractivity contribution in [3.8, 4) is 0 Å². The molecule has 0 bridgehead atoms. The maximum absolute atomic E-state index is 3.58. The van der Waals surface area contributed by atoms with Crippen LogP contribution in [-0.2, 0) is 12.0 Å². The predicted octanol–water partition coefficient (Wildman–Crippen LogP) is 6.42. The summed E-state index contributed by atoms with van der Waals surface area (Å²) in [5.74, 6) is 0. The molecule has 0 fully saturated rings. The van der Waals surface area contributed by atoms with E-state index in [-0.39, 0.29) is 5.41 Å². The summed E-state index contributed by atoms with van der Waals surface area (Å²) in [7, 11) is 0. The summed E-state index contributed by atoms with van der Waals surface area (Å²) in [6, 6.07) is 11.5. The molecule has 1 aromatic heterocycles. The monoisotopic (exact) mass is 429 g/mol. The van der Waals surface area contributed by atoms with E-state index in [1.165, 1.54) is 16.0 Å². The van der Waals surface area contributed by atoms with E-state index in [9.17, 15) is 0 Å². The summed E-state index contributed by atoms with van der Waals surface area (Å²) in [5.41, 5.74) is 2.92. The summed E-state index contributed by atoms with van der Waals surface area (Å²) in [5, 5.41) is 3.58. The molecule has 0 amide bonds. The van der Waals surface area contributed by atoms with Gasteiger partial charge in [-0.15, -0.1) is 11.3 Å². The van der Waals surface area contributed by atoms with E-state index in [2.05, 4.69) is 95.2 Å². The van der Waals surface area contributed by atoms with Crippen LogP contribution < -0.4 is 5.32 Å². The fourth-order valence-corrected chi connectivity index (χ4v) is 4.25. The Kier molecular flexibility index (Phi) is 5.69. The number of halogens is 2. The Morgan fingerprint density at radius 2 is 1.76 bits per heavy atom. The Balaban J connectivity index is 1.98. The van der Waals surface area contributed by atoms with Crippen molar-refractivity contribution in [1.82, 2.24) is 5.32 Å². The Morgan fingerprint density at radius 3 is 2.24 bits per heavy atom. The average Bonchev–Trinajstić information content (AvgIpc) is 2.74. The molecule has 1 unspecified atom stereocenters. The quantitative estimate of drug-likeness (QED) is 0.589. The van der Waals surface area contributed by atoms with Gasteiger partial charge in [-0.25, -0.2) is 0 Å². The van der Waals surface area contributed by atoms with Crippen molar-refractivity contribution in [2.24, 2.45) is 0 Å². The number of thiophene rings is 1. The number of benzene rings is 1. The Hall–Kier alpha value is -0.160. The van der Waals surface area contributed by atoms with Gasteiger partial charge in [0.1, 0.15) is 0 Å². The van der Waals surface area contributed by atoms with Crippen LogP contribution in [0.15, 0.2) is 38.6 Å². The van der Waals surface area contributed by atoms with Crippen LogP contribution in [0.4, 0.5) is 0 Å². The zero-order chi connectivity index (χ0) is 15.6. The zero-order valence-electron chi connectivity index (χ0n) is 12.8. The van der Waals surface area contributed by atoms with Crippen LogP contribution in [0.1, 0.15) is 49.7 Å². The van der Waals surface area contributed by atoms with E-state index >= 15 is 0 Å². The van der Waals surface area contributed by atoms with Crippen LogP contribution in [0, 0.1) is 0 Å². The van der Waals surface area contributed by atoms with Gasteiger partial charge in [-0.1, -0.05) is 45.0 Å². The zero-order valence-corrected chi connectivity index (χ0v) is 16.8.